The molecule has 4 rings (SSSR count). The maximum atomic E-state index is 12.6. The molecule has 1 saturated heterocycles. The quantitative estimate of drug-likeness (QED) is 0.749. The first-order valence-electron chi connectivity index (χ1n) is 8.53. The Morgan fingerprint density at radius 3 is 3.15 bits per heavy atom. The summed E-state index contributed by atoms with van der Waals surface area (Å²) in [5.41, 5.74) is 4.09. The third-order valence-electron chi connectivity index (χ3n) is 4.37. The molecule has 134 valence electrons. The normalized spacial score (nSPS) is 20.2. The highest BCUT2D eigenvalue weighted by Crippen LogP contribution is 2.20. The number of thiazole rings is 1. The second kappa shape index (κ2) is 7.90. The SMILES string of the molecule is O=C(N[C@@H]1COCC[C@H]1OCc1ccccn1)c1ccc2scnc2c1. The van der Waals surface area contributed by atoms with E-state index >= 15 is 0 Å². The largest absolute Gasteiger partial charge is 0.379 e. The minimum Gasteiger partial charge on any atom is -0.379 e. The molecule has 2 aromatic heterocycles. The lowest BCUT2D eigenvalue weighted by molar-refractivity contribution is -0.0612. The molecule has 0 unspecified atom stereocenters. The molecule has 1 aliphatic heterocycles. The molecule has 0 radical (unpaired) electrons. The first-order valence-corrected chi connectivity index (χ1v) is 9.41. The number of hydrogen-bond acceptors (Lipinski definition) is 6. The highest BCUT2D eigenvalue weighted by atomic mass is 32.1. The van der Waals surface area contributed by atoms with E-state index in [1.165, 1.54) is 0 Å². The Labute approximate surface area is 155 Å². The van der Waals surface area contributed by atoms with Crippen LogP contribution in [0.2, 0.25) is 0 Å². The fourth-order valence-electron chi connectivity index (χ4n) is 2.98. The van der Waals surface area contributed by atoms with Crippen LogP contribution in [0.3, 0.4) is 0 Å². The van der Waals surface area contributed by atoms with Crippen molar-refractivity contribution in [2.45, 2.75) is 25.2 Å². The number of rotatable bonds is 5. The average Bonchev–Trinajstić information content (AvgIpc) is 3.16. The Kier molecular flexibility index (Phi) is 5.19. The zero-order valence-corrected chi connectivity index (χ0v) is 14.9. The van der Waals surface area contributed by atoms with Crippen LogP contribution >= 0.6 is 11.3 Å². The molecule has 1 N–H and O–H groups in total. The molecule has 2 atom stereocenters. The summed E-state index contributed by atoms with van der Waals surface area (Å²) >= 11 is 1.56. The number of pyridine rings is 1. The Morgan fingerprint density at radius 1 is 1.31 bits per heavy atom. The summed E-state index contributed by atoms with van der Waals surface area (Å²) in [7, 11) is 0. The van der Waals surface area contributed by atoms with Crippen LogP contribution in [-0.2, 0) is 16.1 Å². The summed E-state index contributed by atoms with van der Waals surface area (Å²) in [4.78, 5) is 21.2. The fraction of sp³-hybridized carbons (Fsp3) is 0.316. The third kappa shape index (κ3) is 3.90. The standard InChI is InChI=1S/C19H19N3O3S/c23-19(13-4-5-18-15(9-13)21-12-26-18)22-16-11-24-8-6-17(16)25-10-14-3-1-2-7-20-14/h1-5,7,9,12,16-17H,6,8,10-11H2,(H,22,23)/t16-,17-/m1/s1. The molecule has 7 heteroatoms. The van der Waals surface area contributed by atoms with Gasteiger partial charge in [-0.1, -0.05) is 6.07 Å². The lowest BCUT2D eigenvalue weighted by atomic mass is 10.1. The van der Waals surface area contributed by atoms with Crippen LogP contribution in [0.1, 0.15) is 22.5 Å². The van der Waals surface area contributed by atoms with Gasteiger partial charge < -0.3 is 14.8 Å². The molecule has 0 saturated carbocycles. The summed E-state index contributed by atoms with van der Waals surface area (Å²) in [6.07, 6.45) is 2.39. The van der Waals surface area contributed by atoms with Crippen molar-refractivity contribution in [3.05, 3.63) is 59.4 Å². The van der Waals surface area contributed by atoms with Crippen molar-refractivity contribution in [2.24, 2.45) is 0 Å². The van der Waals surface area contributed by atoms with Gasteiger partial charge in [-0.05, 0) is 36.8 Å². The van der Waals surface area contributed by atoms with Crippen LogP contribution in [0.4, 0.5) is 0 Å². The monoisotopic (exact) mass is 369 g/mol. The van der Waals surface area contributed by atoms with Crippen LogP contribution in [0.25, 0.3) is 10.2 Å². The molecule has 0 bridgehead atoms. The van der Waals surface area contributed by atoms with Gasteiger partial charge in [-0.25, -0.2) is 4.98 Å². The number of fused-ring (bicyclic) bond motifs is 1. The Hall–Kier alpha value is -2.35. The van der Waals surface area contributed by atoms with E-state index in [0.29, 0.717) is 25.4 Å². The molecule has 1 aliphatic rings. The maximum absolute atomic E-state index is 12.6. The van der Waals surface area contributed by atoms with Gasteiger partial charge in [0.1, 0.15) is 0 Å². The molecule has 26 heavy (non-hydrogen) atoms. The van der Waals surface area contributed by atoms with E-state index in [-0.39, 0.29) is 18.1 Å². The van der Waals surface area contributed by atoms with Crippen molar-refractivity contribution in [1.29, 1.82) is 0 Å². The van der Waals surface area contributed by atoms with Gasteiger partial charge in [0.2, 0.25) is 0 Å². The van der Waals surface area contributed by atoms with Gasteiger partial charge in [0, 0.05) is 18.4 Å². The van der Waals surface area contributed by atoms with Crippen LogP contribution in [-0.4, -0.2) is 41.2 Å². The minimum absolute atomic E-state index is 0.0993. The maximum Gasteiger partial charge on any atom is 0.251 e. The molecule has 1 aromatic carbocycles. The molecule has 3 heterocycles. The molecule has 0 spiro atoms. The molecule has 1 amide bonds. The lowest BCUT2D eigenvalue weighted by Gasteiger charge is -2.32. The number of hydrogen-bond donors (Lipinski definition) is 1. The topological polar surface area (TPSA) is 73.3 Å². The van der Waals surface area contributed by atoms with Gasteiger partial charge in [0.05, 0.1) is 46.8 Å². The van der Waals surface area contributed by atoms with Gasteiger partial charge in [-0.3, -0.25) is 9.78 Å². The average molecular weight is 369 g/mol. The summed E-state index contributed by atoms with van der Waals surface area (Å²) in [6.45, 7) is 1.49. The van der Waals surface area contributed by atoms with E-state index < -0.39 is 0 Å². The van der Waals surface area contributed by atoms with Gasteiger partial charge in [0.25, 0.3) is 5.91 Å². The molecule has 6 nitrogen and oxygen atoms in total. The second-order valence-electron chi connectivity index (χ2n) is 6.15. The summed E-state index contributed by atoms with van der Waals surface area (Å²) in [6, 6.07) is 11.1. The Bertz CT molecular complexity index is 884. The first-order chi connectivity index (χ1) is 12.8. The molecule has 0 aliphatic carbocycles. The highest BCUT2D eigenvalue weighted by molar-refractivity contribution is 7.16. The number of amides is 1. The second-order valence-corrected chi connectivity index (χ2v) is 7.04. The minimum atomic E-state index is -0.189. The highest BCUT2D eigenvalue weighted by Gasteiger charge is 2.28. The van der Waals surface area contributed by atoms with Gasteiger partial charge in [-0.2, -0.15) is 0 Å². The van der Waals surface area contributed by atoms with Crippen molar-refractivity contribution < 1.29 is 14.3 Å². The van der Waals surface area contributed by atoms with Gasteiger partial charge in [-0.15, -0.1) is 11.3 Å². The summed E-state index contributed by atoms with van der Waals surface area (Å²) in [5.74, 6) is -0.137. The number of aromatic nitrogens is 2. The van der Waals surface area contributed by atoms with E-state index in [0.717, 1.165) is 22.3 Å². The van der Waals surface area contributed by atoms with Crippen LogP contribution in [0, 0.1) is 0 Å². The van der Waals surface area contributed by atoms with E-state index in [9.17, 15) is 4.79 Å². The molecule has 3 aromatic rings. The van der Waals surface area contributed by atoms with Crippen molar-refractivity contribution in [1.82, 2.24) is 15.3 Å². The van der Waals surface area contributed by atoms with Crippen LogP contribution in [0.15, 0.2) is 48.1 Å². The van der Waals surface area contributed by atoms with Gasteiger partial charge >= 0.3 is 0 Å². The summed E-state index contributed by atoms with van der Waals surface area (Å²) in [5, 5.41) is 3.04. The number of nitrogens with one attached hydrogen (secondary N) is 1. The predicted octanol–water partition coefficient (Wildman–Crippen LogP) is 2.80. The molecule has 1 fully saturated rings. The fourth-order valence-corrected chi connectivity index (χ4v) is 3.64. The van der Waals surface area contributed by atoms with Crippen molar-refractivity contribution >= 4 is 27.5 Å². The zero-order chi connectivity index (χ0) is 17.8. The van der Waals surface area contributed by atoms with Crippen molar-refractivity contribution in [2.75, 3.05) is 13.2 Å². The number of ether oxygens (including phenoxy) is 2. The zero-order valence-electron chi connectivity index (χ0n) is 14.1. The van der Waals surface area contributed by atoms with E-state index in [1.54, 1.807) is 23.0 Å². The summed E-state index contributed by atoms with van der Waals surface area (Å²) < 4.78 is 12.6. The van der Waals surface area contributed by atoms with E-state index in [1.807, 2.05) is 36.4 Å². The molecular weight excluding hydrogens is 350 g/mol. The van der Waals surface area contributed by atoms with E-state index in [2.05, 4.69) is 15.3 Å². The number of carbonyl (C=O) groups excluding carboxylic acids is 1. The lowest BCUT2D eigenvalue weighted by Crippen LogP contribution is -2.50. The third-order valence-corrected chi connectivity index (χ3v) is 5.18. The Morgan fingerprint density at radius 2 is 2.27 bits per heavy atom. The molecular formula is C19H19N3O3S. The van der Waals surface area contributed by atoms with Crippen LogP contribution in [0.5, 0.6) is 0 Å². The van der Waals surface area contributed by atoms with E-state index in [4.69, 9.17) is 9.47 Å². The van der Waals surface area contributed by atoms with Crippen molar-refractivity contribution in [3.8, 4) is 0 Å². The number of nitrogens with zero attached hydrogens (tertiary/aromatic N) is 2. The number of carbonyl (C=O) groups is 1. The smallest absolute Gasteiger partial charge is 0.251 e. The number of benzene rings is 1. The van der Waals surface area contributed by atoms with Crippen molar-refractivity contribution in [3.63, 3.8) is 0 Å². The first kappa shape index (κ1) is 17.1. The predicted molar refractivity (Wildman–Crippen MR) is 99.1 cm³/mol. The Balaban J connectivity index is 1.41. The van der Waals surface area contributed by atoms with Crippen LogP contribution < -0.4 is 5.32 Å². The van der Waals surface area contributed by atoms with Gasteiger partial charge in [0.15, 0.2) is 0 Å².